The molecule has 1 atom stereocenters. The third-order valence-corrected chi connectivity index (χ3v) is 4.91. The van der Waals surface area contributed by atoms with Crippen LogP contribution in [0.4, 0.5) is 10.1 Å². The van der Waals surface area contributed by atoms with Crippen molar-refractivity contribution in [2.24, 2.45) is 0 Å². The van der Waals surface area contributed by atoms with Gasteiger partial charge in [-0.15, -0.1) is 11.8 Å². The lowest BCUT2D eigenvalue weighted by atomic mass is 10.2. The zero-order valence-electron chi connectivity index (χ0n) is 15.9. The summed E-state index contributed by atoms with van der Waals surface area (Å²) in [6, 6.07) is 2.61. The summed E-state index contributed by atoms with van der Waals surface area (Å²) in [4.78, 5) is 24.6. The fourth-order valence-corrected chi connectivity index (χ4v) is 3.25. The van der Waals surface area contributed by atoms with E-state index in [2.05, 4.69) is 5.32 Å². The van der Waals surface area contributed by atoms with Gasteiger partial charge in [-0.05, 0) is 46.2 Å². The predicted octanol–water partition coefficient (Wildman–Crippen LogP) is 5.82. The van der Waals surface area contributed by atoms with Crippen molar-refractivity contribution >= 4 is 40.9 Å². The van der Waals surface area contributed by atoms with E-state index in [-0.39, 0.29) is 22.6 Å². The molecule has 146 valence electrons. The summed E-state index contributed by atoms with van der Waals surface area (Å²) in [6.45, 7) is 9.12. The van der Waals surface area contributed by atoms with Crippen LogP contribution in [0.15, 0.2) is 17.0 Å². The number of esters is 1. The molecule has 1 aromatic rings. The smallest absolute Gasteiger partial charge is 0.319 e. The number of carbonyl (C=O) groups is 2. The Morgan fingerprint density at radius 1 is 1.31 bits per heavy atom. The number of rotatable bonds is 8. The Kier molecular flexibility index (Phi) is 8.90. The van der Waals surface area contributed by atoms with E-state index in [0.717, 1.165) is 25.3 Å². The number of hydrogen-bond donors (Lipinski definition) is 1. The number of ether oxygens (including phenoxy) is 1. The number of nitrogens with one attached hydrogen (secondary N) is 1. The molecule has 0 bridgehead atoms. The summed E-state index contributed by atoms with van der Waals surface area (Å²) in [7, 11) is 0. The van der Waals surface area contributed by atoms with E-state index in [1.807, 2.05) is 6.92 Å². The van der Waals surface area contributed by atoms with Gasteiger partial charge >= 0.3 is 5.97 Å². The molecule has 0 aliphatic carbocycles. The van der Waals surface area contributed by atoms with Crippen molar-refractivity contribution in [3.05, 3.63) is 23.0 Å². The van der Waals surface area contributed by atoms with E-state index in [9.17, 15) is 14.0 Å². The maximum Gasteiger partial charge on any atom is 0.319 e. The largest absolute Gasteiger partial charge is 0.459 e. The van der Waals surface area contributed by atoms with Crippen molar-refractivity contribution in [3.8, 4) is 0 Å². The average molecular weight is 404 g/mol. The number of halogens is 2. The molecular weight excluding hydrogens is 377 g/mol. The van der Waals surface area contributed by atoms with E-state index >= 15 is 0 Å². The number of carbonyl (C=O) groups excluding carboxylic acids is 2. The van der Waals surface area contributed by atoms with Crippen LogP contribution in [-0.2, 0) is 14.3 Å². The number of hydrogen-bond acceptors (Lipinski definition) is 4. The molecule has 1 N–H and O–H groups in total. The monoisotopic (exact) mass is 403 g/mol. The Balaban J connectivity index is 2.83. The zero-order valence-corrected chi connectivity index (χ0v) is 17.5. The fraction of sp³-hybridized carbons (Fsp3) is 0.579. The van der Waals surface area contributed by atoms with Crippen molar-refractivity contribution in [3.63, 3.8) is 0 Å². The molecule has 0 radical (unpaired) electrons. The lowest BCUT2D eigenvalue weighted by Gasteiger charge is -2.22. The normalized spacial score (nSPS) is 12.6. The van der Waals surface area contributed by atoms with Crippen molar-refractivity contribution in [1.82, 2.24) is 0 Å². The van der Waals surface area contributed by atoms with Crippen LogP contribution in [0.1, 0.15) is 60.3 Å². The number of thioether (sulfide) groups is 1. The Bertz CT molecular complexity index is 646. The van der Waals surface area contributed by atoms with Gasteiger partial charge in [-0.3, -0.25) is 9.59 Å². The highest BCUT2D eigenvalue weighted by Gasteiger charge is 2.24. The molecule has 4 nitrogen and oxygen atoms in total. The van der Waals surface area contributed by atoms with E-state index in [1.165, 1.54) is 17.8 Å². The van der Waals surface area contributed by atoms with Crippen molar-refractivity contribution in [2.45, 2.75) is 76.0 Å². The molecule has 0 fully saturated rings. The van der Waals surface area contributed by atoms with E-state index in [4.69, 9.17) is 16.3 Å². The maximum atomic E-state index is 14.1. The average Bonchev–Trinajstić information content (AvgIpc) is 2.50. The zero-order chi connectivity index (χ0) is 19.9. The minimum Gasteiger partial charge on any atom is -0.459 e. The van der Waals surface area contributed by atoms with Crippen LogP contribution in [0.3, 0.4) is 0 Å². The first-order chi connectivity index (χ1) is 12.0. The van der Waals surface area contributed by atoms with Gasteiger partial charge in [-0.1, -0.05) is 31.4 Å². The maximum absolute atomic E-state index is 14.1. The fourth-order valence-electron chi connectivity index (χ4n) is 2.09. The number of benzene rings is 1. The van der Waals surface area contributed by atoms with Crippen LogP contribution in [-0.4, -0.2) is 22.7 Å². The second kappa shape index (κ2) is 10.2. The molecule has 0 saturated heterocycles. The highest BCUT2D eigenvalue weighted by atomic mass is 35.5. The molecule has 1 aromatic carbocycles. The molecule has 1 amide bonds. The van der Waals surface area contributed by atoms with Crippen LogP contribution in [0.2, 0.25) is 5.02 Å². The summed E-state index contributed by atoms with van der Waals surface area (Å²) < 4.78 is 19.4. The molecule has 0 saturated carbocycles. The van der Waals surface area contributed by atoms with Crippen LogP contribution >= 0.6 is 23.4 Å². The second-order valence-electron chi connectivity index (χ2n) is 7.06. The first-order valence-corrected chi connectivity index (χ1v) is 9.97. The van der Waals surface area contributed by atoms with Crippen LogP contribution in [0.5, 0.6) is 0 Å². The third-order valence-electron chi connectivity index (χ3n) is 3.35. The molecule has 7 heteroatoms. The van der Waals surface area contributed by atoms with E-state index < -0.39 is 16.7 Å². The number of amides is 1. The SMILES string of the molecule is CCCCCC(=O)Nc1cc(SC(C)C(=O)OC(C)(C)C)c(Cl)cc1F. The molecule has 1 unspecified atom stereocenters. The van der Waals surface area contributed by atoms with Gasteiger partial charge in [0.2, 0.25) is 5.91 Å². The molecule has 0 aliphatic rings. The van der Waals surface area contributed by atoms with Gasteiger partial charge in [-0.25, -0.2) is 4.39 Å². The molecule has 0 heterocycles. The lowest BCUT2D eigenvalue weighted by molar-refractivity contribution is -0.153. The van der Waals surface area contributed by atoms with Crippen LogP contribution in [0, 0.1) is 5.82 Å². The van der Waals surface area contributed by atoms with E-state index in [1.54, 1.807) is 27.7 Å². The predicted molar refractivity (Wildman–Crippen MR) is 105 cm³/mol. The van der Waals surface area contributed by atoms with E-state index in [0.29, 0.717) is 11.3 Å². The molecular formula is C19H27ClFNO3S. The summed E-state index contributed by atoms with van der Waals surface area (Å²) >= 11 is 7.26. The van der Waals surface area contributed by atoms with Gasteiger partial charge in [0.15, 0.2) is 0 Å². The number of anilines is 1. The summed E-state index contributed by atoms with van der Waals surface area (Å²) in [5.74, 6) is -1.23. The summed E-state index contributed by atoms with van der Waals surface area (Å²) in [5.41, 5.74) is -0.523. The van der Waals surface area contributed by atoms with Gasteiger partial charge in [0.1, 0.15) is 16.7 Å². The van der Waals surface area contributed by atoms with Crippen LogP contribution in [0.25, 0.3) is 0 Å². The Hall–Kier alpha value is -1.27. The first-order valence-electron chi connectivity index (χ1n) is 8.72. The van der Waals surface area contributed by atoms with Crippen molar-refractivity contribution < 1.29 is 18.7 Å². The third kappa shape index (κ3) is 7.96. The molecule has 1 rings (SSSR count). The van der Waals surface area contributed by atoms with Gasteiger partial charge in [0.25, 0.3) is 0 Å². The number of unbranched alkanes of at least 4 members (excludes halogenated alkanes) is 2. The van der Waals surface area contributed by atoms with Crippen LogP contribution < -0.4 is 5.32 Å². The van der Waals surface area contributed by atoms with Gasteiger partial charge in [0, 0.05) is 11.3 Å². The molecule has 0 spiro atoms. The molecule has 0 aromatic heterocycles. The Morgan fingerprint density at radius 3 is 2.54 bits per heavy atom. The van der Waals surface area contributed by atoms with Crippen molar-refractivity contribution in [1.29, 1.82) is 0 Å². The minimum absolute atomic E-state index is 0.0646. The molecule has 0 aliphatic heterocycles. The van der Waals surface area contributed by atoms with Gasteiger partial charge in [0.05, 0.1) is 10.7 Å². The highest BCUT2D eigenvalue weighted by molar-refractivity contribution is 8.00. The van der Waals surface area contributed by atoms with Crippen molar-refractivity contribution in [2.75, 3.05) is 5.32 Å². The molecule has 26 heavy (non-hydrogen) atoms. The highest BCUT2D eigenvalue weighted by Crippen LogP contribution is 2.35. The van der Waals surface area contributed by atoms with Gasteiger partial charge in [-0.2, -0.15) is 0 Å². The minimum atomic E-state index is -0.604. The Morgan fingerprint density at radius 2 is 1.96 bits per heavy atom. The summed E-state index contributed by atoms with van der Waals surface area (Å²) in [5, 5.41) is 2.24. The topological polar surface area (TPSA) is 55.4 Å². The first kappa shape index (κ1) is 22.8. The lowest BCUT2D eigenvalue weighted by Crippen LogP contribution is -2.28. The van der Waals surface area contributed by atoms with Gasteiger partial charge < -0.3 is 10.1 Å². The standard InChI is InChI=1S/C19H27ClFNO3S/c1-6-7-8-9-17(23)22-15-11-16(13(20)10-14(15)21)26-12(2)18(24)25-19(3,4)5/h10-12H,6-9H2,1-5H3,(H,22,23). The second-order valence-corrected chi connectivity index (χ2v) is 8.85. The quantitative estimate of drug-likeness (QED) is 0.337. The summed E-state index contributed by atoms with van der Waals surface area (Å²) in [6.07, 6.45) is 3.05. The Labute approximate surface area is 164 Å².